The summed E-state index contributed by atoms with van der Waals surface area (Å²) in [4.78, 5) is 0. The first-order valence-corrected chi connectivity index (χ1v) is 11.3. The Morgan fingerprint density at radius 3 is 1.75 bits per heavy atom. The number of unbranched alkanes of at least 4 members (excludes halogenated alkanes) is 1. The highest BCUT2D eigenvalue weighted by Gasteiger charge is 2.34. The van der Waals surface area contributed by atoms with Crippen molar-refractivity contribution in [3.63, 3.8) is 0 Å². The summed E-state index contributed by atoms with van der Waals surface area (Å²) in [5.41, 5.74) is 0. The van der Waals surface area contributed by atoms with Crippen LogP contribution < -0.4 is 10.6 Å². The maximum absolute atomic E-state index is 3.84. The summed E-state index contributed by atoms with van der Waals surface area (Å²) in [6, 6.07) is 0. The van der Waals surface area contributed by atoms with Gasteiger partial charge >= 0.3 is 0 Å². The lowest BCUT2D eigenvalue weighted by atomic mass is 9.68. The number of nitrogens with one attached hydrogen (secondary N) is 2. The van der Waals surface area contributed by atoms with E-state index in [1.807, 2.05) is 0 Å². The number of hydrogen-bond acceptors (Lipinski definition) is 2. The summed E-state index contributed by atoms with van der Waals surface area (Å²) in [5, 5.41) is 7.69. The largest absolute Gasteiger partial charge is 0.301 e. The second-order valence-corrected chi connectivity index (χ2v) is 9.17. The zero-order chi connectivity index (χ0) is 16.8. The smallest absolute Gasteiger partial charge is 0.0600 e. The Labute approximate surface area is 150 Å². The molecule has 1 aliphatic heterocycles. The average molecular weight is 335 g/mol. The molecule has 2 heteroatoms. The van der Waals surface area contributed by atoms with Crippen LogP contribution in [-0.4, -0.2) is 19.3 Å². The van der Waals surface area contributed by atoms with Crippen LogP contribution in [0.25, 0.3) is 0 Å². The minimum atomic E-state index is 0.611. The summed E-state index contributed by atoms with van der Waals surface area (Å²) in [5.74, 6) is 4.93. The van der Waals surface area contributed by atoms with Crippen LogP contribution in [0.3, 0.4) is 0 Å². The van der Waals surface area contributed by atoms with E-state index in [0.29, 0.717) is 6.17 Å². The van der Waals surface area contributed by atoms with Crippen molar-refractivity contribution in [2.24, 2.45) is 29.6 Å². The standard InChI is InChI=1S/C22H42N2/c1-3-5-6-18-15-23-22(24-16-18)21-13-11-20(12-14-21)19-9-7-17(4-2)8-10-19/h17-24H,3-16H2,1-2H3. The summed E-state index contributed by atoms with van der Waals surface area (Å²) >= 11 is 0. The van der Waals surface area contributed by atoms with Crippen molar-refractivity contribution < 1.29 is 0 Å². The van der Waals surface area contributed by atoms with E-state index >= 15 is 0 Å². The molecule has 0 aromatic rings. The van der Waals surface area contributed by atoms with Crippen LogP contribution >= 0.6 is 0 Å². The van der Waals surface area contributed by atoms with Gasteiger partial charge in [-0.15, -0.1) is 0 Å². The van der Waals surface area contributed by atoms with Crippen LogP contribution in [0, 0.1) is 29.6 Å². The highest BCUT2D eigenvalue weighted by atomic mass is 15.2. The second kappa shape index (κ2) is 9.57. The monoisotopic (exact) mass is 334 g/mol. The van der Waals surface area contributed by atoms with Gasteiger partial charge in [-0.25, -0.2) is 0 Å². The SMILES string of the molecule is CCCCC1CNC(C2CCC(C3CCC(CC)CC3)CC2)NC1. The van der Waals surface area contributed by atoms with Crippen molar-refractivity contribution >= 4 is 0 Å². The molecule has 24 heavy (non-hydrogen) atoms. The molecular weight excluding hydrogens is 292 g/mol. The molecule has 0 atom stereocenters. The Balaban J connectivity index is 1.35. The van der Waals surface area contributed by atoms with Crippen LogP contribution in [-0.2, 0) is 0 Å². The first-order valence-electron chi connectivity index (χ1n) is 11.3. The quantitative estimate of drug-likeness (QED) is 0.685. The van der Waals surface area contributed by atoms with Gasteiger partial charge in [0, 0.05) is 13.1 Å². The normalized spacial score (nSPS) is 41.2. The molecule has 2 N–H and O–H groups in total. The molecule has 0 aromatic carbocycles. The van der Waals surface area contributed by atoms with Gasteiger partial charge in [0.05, 0.1) is 6.17 Å². The molecule has 0 bridgehead atoms. The van der Waals surface area contributed by atoms with E-state index in [4.69, 9.17) is 0 Å². The predicted octanol–water partition coefficient (Wildman–Crippen LogP) is 5.33. The zero-order valence-corrected chi connectivity index (χ0v) is 16.4. The fourth-order valence-corrected chi connectivity index (χ4v) is 5.78. The van der Waals surface area contributed by atoms with Gasteiger partial charge in [0.2, 0.25) is 0 Å². The highest BCUT2D eigenvalue weighted by molar-refractivity contribution is 4.88. The second-order valence-electron chi connectivity index (χ2n) is 9.17. The van der Waals surface area contributed by atoms with Gasteiger partial charge in [0.1, 0.15) is 0 Å². The van der Waals surface area contributed by atoms with Crippen molar-refractivity contribution in [2.45, 2.75) is 97.1 Å². The highest BCUT2D eigenvalue weighted by Crippen LogP contribution is 2.42. The van der Waals surface area contributed by atoms with Crippen molar-refractivity contribution in [2.75, 3.05) is 13.1 Å². The Bertz CT molecular complexity index is 332. The van der Waals surface area contributed by atoms with Crippen molar-refractivity contribution in [3.8, 4) is 0 Å². The third-order valence-electron chi connectivity index (χ3n) is 7.64. The number of hydrogen-bond donors (Lipinski definition) is 2. The van der Waals surface area contributed by atoms with E-state index in [9.17, 15) is 0 Å². The maximum Gasteiger partial charge on any atom is 0.0600 e. The lowest BCUT2D eigenvalue weighted by Crippen LogP contribution is -2.56. The minimum Gasteiger partial charge on any atom is -0.301 e. The Hall–Kier alpha value is -0.0800. The fraction of sp³-hybridized carbons (Fsp3) is 1.00. The van der Waals surface area contributed by atoms with Crippen molar-refractivity contribution in [1.82, 2.24) is 10.6 Å². The van der Waals surface area contributed by atoms with E-state index in [0.717, 1.165) is 29.6 Å². The lowest BCUT2D eigenvalue weighted by molar-refractivity contribution is 0.113. The van der Waals surface area contributed by atoms with Gasteiger partial charge in [-0.3, -0.25) is 0 Å². The summed E-state index contributed by atoms with van der Waals surface area (Å²) in [6.45, 7) is 7.18. The Morgan fingerprint density at radius 1 is 0.667 bits per heavy atom. The molecule has 0 spiro atoms. The van der Waals surface area contributed by atoms with Crippen molar-refractivity contribution in [1.29, 1.82) is 0 Å². The van der Waals surface area contributed by atoms with Crippen molar-refractivity contribution in [3.05, 3.63) is 0 Å². The molecule has 0 amide bonds. The third-order valence-corrected chi connectivity index (χ3v) is 7.64. The predicted molar refractivity (Wildman–Crippen MR) is 104 cm³/mol. The summed E-state index contributed by atoms with van der Waals surface area (Å²) in [6.07, 6.45) is 18.2. The van der Waals surface area contributed by atoms with Gasteiger partial charge in [-0.1, -0.05) is 46.0 Å². The molecule has 1 heterocycles. The Morgan fingerprint density at radius 2 is 1.21 bits per heavy atom. The molecule has 140 valence electrons. The van der Waals surface area contributed by atoms with E-state index < -0.39 is 0 Å². The molecule has 0 aromatic heterocycles. The third kappa shape index (κ3) is 4.97. The molecule has 2 nitrogen and oxygen atoms in total. The maximum atomic E-state index is 3.84. The summed E-state index contributed by atoms with van der Waals surface area (Å²) < 4.78 is 0. The van der Waals surface area contributed by atoms with Gasteiger partial charge in [0.25, 0.3) is 0 Å². The number of rotatable bonds is 6. The molecule has 3 fully saturated rings. The van der Waals surface area contributed by atoms with Crippen LogP contribution in [0.1, 0.15) is 90.9 Å². The van der Waals surface area contributed by atoms with Crippen LogP contribution in [0.15, 0.2) is 0 Å². The zero-order valence-electron chi connectivity index (χ0n) is 16.4. The topological polar surface area (TPSA) is 24.1 Å². The van der Waals surface area contributed by atoms with Gasteiger partial charge < -0.3 is 10.6 Å². The molecule has 2 saturated carbocycles. The van der Waals surface area contributed by atoms with E-state index in [1.54, 1.807) is 0 Å². The molecule has 0 unspecified atom stereocenters. The molecule has 2 aliphatic carbocycles. The molecule has 3 rings (SSSR count). The molecule has 3 aliphatic rings. The van der Waals surface area contributed by atoms with Gasteiger partial charge in [0.15, 0.2) is 0 Å². The van der Waals surface area contributed by atoms with Crippen LogP contribution in [0.2, 0.25) is 0 Å². The fourth-order valence-electron chi connectivity index (χ4n) is 5.78. The van der Waals surface area contributed by atoms with Crippen LogP contribution in [0.4, 0.5) is 0 Å². The summed E-state index contributed by atoms with van der Waals surface area (Å²) in [7, 11) is 0. The van der Waals surface area contributed by atoms with Crippen LogP contribution in [0.5, 0.6) is 0 Å². The van der Waals surface area contributed by atoms with E-state index in [1.165, 1.54) is 90.1 Å². The molecule has 0 radical (unpaired) electrons. The minimum absolute atomic E-state index is 0.611. The molecular formula is C22H42N2. The van der Waals surface area contributed by atoms with Gasteiger partial charge in [-0.05, 0) is 74.5 Å². The Kier molecular flexibility index (Phi) is 7.46. The van der Waals surface area contributed by atoms with E-state index in [-0.39, 0.29) is 0 Å². The first kappa shape index (κ1) is 18.7. The lowest BCUT2D eigenvalue weighted by Gasteiger charge is -2.42. The molecule has 1 saturated heterocycles. The van der Waals surface area contributed by atoms with E-state index in [2.05, 4.69) is 24.5 Å². The average Bonchev–Trinajstić information content (AvgIpc) is 2.67. The van der Waals surface area contributed by atoms with Gasteiger partial charge in [-0.2, -0.15) is 0 Å². The first-order chi connectivity index (χ1) is 11.8.